The Morgan fingerprint density at radius 3 is 2.77 bits per heavy atom. The predicted octanol–water partition coefficient (Wildman–Crippen LogP) is 3.94. The highest BCUT2D eigenvalue weighted by Crippen LogP contribution is 2.42. The van der Waals surface area contributed by atoms with Crippen LogP contribution >= 0.6 is 27.7 Å². The number of rotatable bonds is 2. The van der Waals surface area contributed by atoms with Gasteiger partial charge in [0.15, 0.2) is 23.4 Å². The Morgan fingerprint density at radius 1 is 1.19 bits per heavy atom. The normalized spacial score (nSPS) is 15.2. The topological polar surface area (TPSA) is 100 Å². The van der Waals surface area contributed by atoms with E-state index in [9.17, 15) is 10.2 Å². The van der Waals surface area contributed by atoms with Crippen molar-refractivity contribution in [2.75, 3.05) is 11.6 Å². The minimum absolute atomic E-state index is 0.225. The van der Waals surface area contributed by atoms with Crippen molar-refractivity contribution in [3.05, 3.63) is 46.4 Å². The van der Waals surface area contributed by atoms with Gasteiger partial charge in [-0.1, -0.05) is 30.0 Å². The van der Waals surface area contributed by atoms with Crippen molar-refractivity contribution in [1.29, 1.82) is 0 Å². The molecule has 3 aromatic rings. The monoisotopic (exact) mass is 432 g/mol. The summed E-state index contributed by atoms with van der Waals surface area (Å²) in [4.78, 5) is 4.43. The quantitative estimate of drug-likeness (QED) is 0.413. The van der Waals surface area contributed by atoms with Crippen LogP contribution in [0.5, 0.6) is 17.4 Å². The van der Waals surface area contributed by atoms with E-state index in [0.717, 1.165) is 11.3 Å². The maximum absolute atomic E-state index is 9.95. The summed E-state index contributed by atoms with van der Waals surface area (Å²) in [5.41, 5.74) is 2.77. The summed E-state index contributed by atoms with van der Waals surface area (Å²) in [5.74, 6) is -0.129. The minimum Gasteiger partial charge on any atom is -0.504 e. The van der Waals surface area contributed by atoms with Crippen molar-refractivity contribution in [2.24, 2.45) is 0 Å². The van der Waals surface area contributed by atoms with Crippen LogP contribution in [0.3, 0.4) is 0 Å². The summed E-state index contributed by atoms with van der Waals surface area (Å²) in [6.45, 7) is 0. The van der Waals surface area contributed by atoms with E-state index in [4.69, 9.17) is 4.74 Å². The van der Waals surface area contributed by atoms with E-state index in [1.54, 1.807) is 6.07 Å². The predicted molar refractivity (Wildman–Crippen MR) is 102 cm³/mol. The van der Waals surface area contributed by atoms with Crippen LogP contribution < -0.4 is 10.1 Å². The zero-order chi connectivity index (χ0) is 18.3. The van der Waals surface area contributed by atoms with Gasteiger partial charge >= 0.3 is 0 Å². The molecule has 0 bridgehead atoms. The van der Waals surface area contributed by atoms with Gasteiger partial charge in [0.1, 0.15) is 0 Å². The second-order valence-electron chi connectivity index (χ2n) is 5.51. The molecule has 0 aliphatic carbocycles. The molecule has 4 rings (SSSR count). The number of phenolic OH excluding ortho intramolecular Hbond substituents is 2. The van der Waals surface area contributed by atoms with Crippen molar-refractivity contribution in [3.8, 4) is 28.6 Å². The van der Waals surface area contributed by atoms with Crippen molar-refractivity contribution in [1.82, 2.24) is 15.2 Å². The molecule has 1 aromatic heterocycles. The van der Waals surface area contributed by atoms with Gasteiger partial charge in [-0.3, -0.25) is 0 Å². The van der Waals surface area contributed by atoms with Crippen LogP contribution in [0.25, 0.3) is 11.3 Å². The molecule has 2 heterocycles. The molecule has 0 unspecified atom stereocenters. The Hall–Kier alpha value is -2.52. The van der Waals surface area contributed by atoms with Crippen LogP contribution in [0.4, 0.5) is 5.69 Å². The molecule has 132 valence electrons. The lowest BCUT2D eigenvalue weighted by Gasteiger charge is -2.20. The number of anilines is 1. The fraction of sp³-hybridized carbons (Fsp3) is 0.118. The lowest BCUT2D eigenvalue weighted by Crippen LogP contribution is -2.17. The standard InChI is InChI=1S/C17H13BrN4O3S/c1-26-17-20-16-13(21-22-17)9-4-2-3-5-11(9)19-15(25-16)8-6-10(18)14(24)12(23)7-8/h2-7,15,19,23-24H,1H3/t15-/m1/s1. The summed E-state index contributed by atoms with van der Waals surface area (Å²) in [6, 6.07) is 10.7. The van der Waals surface area contributed by atoms with Gasteiger partial charge in [0.05, 0.1) is 4.47 Å². The van der Waals surface area contributed by atoms with Crippen molar-refractivity contribution in [3.63, 3.8) is 0 Å². The first-order valence-electron chi connectivity index (χ1n) is 7.59. The van der Waals surface area contributed by atoms with Gasteiger partial charge in [-0.05, 0) is 40.4 Å². The van der Waals surface area contributed by atoms with E-state index in [-0.39, 0.29) is 11.5 Å². The largest absolute Gasteiger partial charge is 0.504 e. The number of halogens is 1. The van der Waals surface area contributed by atoms with E-state index < -0.39 is 6.23 Å². The highest BCUT2D eigenvalue weighted by molar-refractivity contribution is 9.10. The molecule has 0 saturated carbocycles. The molecule has 7 nitrogen and oxygen atoms in total. The molecule has 0 fully saturated rings. The zero-order valence-corrected chi connectivity index (χ0v) is 15.9. The van der Waals surface area contributed by atoms with Gasteiger partial charge in [-0.25, -0.2) is 0 Å². The Labute approximate surface area is 161 Å². The average molecular weight is 433 g/mol. The first-order chi connectivity index (χ1) is 12.6. The molecule has 0 amide bonds. The SMILES string of the molecule is CSc1nnc2c(n1)O[C@H](c1cc(O)c(O)c(Br)c1)Nc1ccccc1-2. The first kappa shape index (κ1) is 16.9. The smallest absolute Gasteiger partial charge is 0.247 e. The molecular weight excluding hydrogens is 420 g/mol. The zero-order valence-electron chi connectivity index (χ0n) is 13.5. The van der Waals surface area contributed by atoms with Gasteiger partial charge in [0.2, 0.25) is 11.0 Å². The number of hydrogen-bond acceptors (Lipinski definition) is 8. The molecule has 3 N–H and O–H groups in total. The molecule has 0 saturated heterocycles. The van der Waals surface area contributed by atoms with Gasteiger partial charge < -0.3 is 20.3 Å². The van der Waals surface area contributed by atoms with Gasteiger partial charge in [0, 0.05) is 16.8 Å². The first-order valence-corrected chi connectivity index (χ1v) is 9.61. The second kappa shape index (κ2) is 6.65. The van der Waals surface area contributed by atoms with Crippen molar-refractivity contribution in [2.45, 2.75) is 11.4 Å². The number of fused-ring (bicyclic) bond motifs is 3. The van der Waals surface area contributed by atoms with Crippen LogP contribution in [-0.2, 0) is 0 Å². The summed E-state index contributed by atoms with van der Waals surface area (Å²) in [7, 11) is 0. The summed E-state index contributed by atoms with van der Waals surface area (Å²) in [6.07, 6.45) is 1.21. The number of ether oxygens (including phenoxy) is 1. The molecule has 2 aromatic carbocycles. The van der Waals surface area contributed by atoms with Crippen molar-refractivity contribution < 1.29 is 14.9 Å². The van der Waals surface area contributed by atoms with E-state index in [2.05, 4.69) is 36.4 Å². The number of hydrogen-bond donors (Lipinski definition) is 3. The molecule has 1 aliphatic rings. The Bertz CT molecular complexity index is 978. The minimum atomic E-state index is -0.647. The van der Waals surface area contributed by atoms with E-state index in [0.29, 0.717) is 26.8 Å². The third-order valence-electron chi connectivity index (χ3n) is 3.88. The van der Waals surface area contributed by atoms with Crippen LogP contribution in [0.2, 0.25) is 0 Å². The third-order valence-corrected chi connectivity index (χ3v) is 5.03. The fourth-order valence-corrected chi connectivity index (χ4v) is 3.41. The molecule has 0 radical (unpaired) electrons. The number of phenols is 2. The number of aromatic hydroxyl groups is 2. The lowest BCUT2D eigenvalue weighted by molar-refractivity contribution is 0.224. The third kappa shape index (κ3) is 2.93. The van der Waals surface area contributed by atoms with E-state index in [1.807, 2.05) is 30.5 Å². The highest BCUT2D eigenvalue weighted by atomic mass is 79.9. The Balaban J connectivity index is 1.87. The molecule has 0 spiro atoms. The maximum Gasteiger partial charge on any atom is 0.247 e. The van der Waals surface area contributed by atoms with Gasteiger partial charge in [-0.15, -0.1) is 10.2 Å². The fourth-order valence-electron chi connectivity index (χ4n) is 2.64. The van der Waals surface area contributed by atoms with Crippen LogP contribution in [0.1, 0.15) is 11.8 Å². The number of thioether (sulfide) groups is 1. The molecule has 1 atom stereocenters. The number of para-hydroxylation sites is 1. The summed E-state index contributed by atoms with van der Waals surface area (Å²) in [5, 5.41) is 31.9. The number of benzene rings is 2. The summed E-state index contributed by atoms with van der Waals surface area (Å²) >= 11 is 4.60. The molecule has 9 heteroatoms. The Morgan fingerprint density at radius 2 is 2.00 bits per heavy atom. The van der Waals surface area contributed by atoms with Crippen LogP contribution in [0, 0.1) is 0 Å². The van der Waals surface area contributed by atoms with Gasteiger partial charge in [0.25, 0.3) is 0 Å². The molecule has 1 aliphatic heterocycles. The number of nitrogens with one attached hydrogen (secondary N) is 1. The van der Waals surface area contributed by atoms with Crippen molar-refractivity contribution >= 4 is 33.4 Å². The van der Waals surface area contributed by atoms with Crippen LogP contribution in [0.15, 0.2) is 46.0 Å². The lowest BCUT2D eigenvalue weighted by atomic mass is 10.1. The highest BCUT2D eigenvalue weighted by Gasteiger charge is 2.27. The van der Waals surface area contributed by atoms with E-state index >= 15 is 0 Å². The molecule has 26 heavy (non-hydrogen) atoms. The molecular formula is C17H13BrN4O3S. The Kier molecular flexibility index (Phi) is 4.33. The van der Waals surface area contributed by atoms with Gasteiger partial charge in [-0.2, -0.15) is 4.98 Å². The summed E-state index contributed by atoms with van der Waals surface area (Å²) < 4.78 is 6.43. The number of nitrogens with zero attached hydrogens (tertiary/aromatic N) is 3. The average Bonchev–Trinajstić information content (AvgIpc) is 2.81. The second-order valence-corrected chi connectivity index (χ2v) is 7.14. The van der Waals surface area contributed by atoms with Crippen LogP contribution in [-0.4, -0.2) is 31.7 Å². The number of aromatic nitrogens is 3. The maximum atomic E-state index is 9.95. The van der Waals surface area contributed by atoms with E-state index in [1.165, 1.54) is 17.8 Å².